The van der Waals surface area contributed by atoms with Crippen molar-refractivity contribution in [3.63, 3.8) is 0 Å². The number of hydrogen-bond donors (Lipinski definition) is 1. The molecule has 2 aromatic rings. The Balaban J connectivity index is 2.03. The van der Waals surface area contributed by atoms with Crippen LogP contribution >= 0.6 is 0 Å². The van der Waals surface area contributed by atoms with Crippen LogP contribution in [0.4, 0.5) is 5.82 Å². The summed E-state index contributed by atoms with van der Waals surface area (Å²) in [6.07, 6.45) is 3.60. The summed E-state index contributed by atoms with van der Waals surface area (Å²) in [7, 11) is 1.65. The fourth-order valence-electron chi connectivity index (χ4n) is 2.63. The molecule has 2 rings (SSSR count). The fourth-order valence-corrected chi connectivity index (χ4v) is 2.63. The number of carbonyl (C=O) groups excluding carboxylic acids is 1. The molecular formula is C20H27N3O2. The van der Waals surface area contributed by atoms with Crippen LogP contribution < -0.4 is 10.1 Å². The minimum absolute atomic E-state index is 0.0681. The minimum Gasteiger partial charge on any atom is -0.497 e. The van der Waals surface area contributed by atoms with E-state index in [1.165, 1.54) is 0 Å². The molecule has 0 radical (unpaired) electrons. The van der Waals surface area contributed by atoms with Crippen molar-refractivity contribution in [1.29, 1.82) is 0 Å². The highest BCUT2D eigenvalue weighted by molar-refractivity contribution is 5.94. The Morgan fingerprint density at radius 3 is 2.40 bits per heavy atom. The van der Waals surface area contributed by atoms with Gasteiger partial charge in [-0.05, 0) is 42.7 Å². The van der Waals surface area contributed by atoms with Gasteiger partial charge in [0.2, 0.25) is 0 Å². The van der Waals surface area contributed by atoms with E-state index < -0.39 is 0 Å². The Kier molecular flexibility index (Phi) is 7.26. The van der Waals surface area contributed by atoms with E-state index in [1.807, 2.05) is 35.2 Å². The van der Waals surface area contributed by atoms with Crippen LogP contribution in [-0.2, 0) is 6.54 Å². The molecule has 0 bridgehead atoms. The highest BCUT2D eigenvalue weighted by Gasteiger charge is 2.14. The van der Waals surface area contributed by atoms with Gasteiger partial charge in [-0.15, -0.1) is 0 Å². The Labute approximate surface area is 150 Å². The number of amides is 1. The molecule has 5 heteroatoms. The van der Waals surface area contributed by atoms with Crippen LogP contribution in [0, 0.1) is 0 Å². The first-order valence-corrected chi connectivity index (χ1v) is 8.80. The average Bonchev–Trinajstić information content (AvgIpc) is 2.66. The highest BCUT2D eigenvalue weighted by Crippen LogP contribution is 2.14. The van der Waals surface area contributed by atoms with E-state index in [0.29, 0.717) is 17.9 Å². The molecular weight excluding hydrogens is 314 g/mol. The van der Waals surface area contributed by atoms with Gasteiger partial charge in [0, 0.05) is 31.4 Å². The molecule has 0 fully saturated rings. The number of nitrogens with one attached hydrogen (secondary N) is 1. The van der Waals surface area contributed by atoms with Gasteiger partial charge >= 0.3 is 0 Å². The fraction of sp³-hybridized carbons (Fsp3) is 0.400. The lowest BCUT2D eigenvalue weighted by atomic mass is 10.2. The Hall–Kier alpha value is -2.56. The molecule has 1 heterocycles. The summed E-state index contributed by atoms with van der Waals surface area (Å²) in [5, 5.41) is 3.27. The Morgan fingerprint density at radius 2 is 1.80 bits per heavy atom. The number of carbonyl (C=O) groups is 1. The highest BCUT2D eigenvalue weighted by atomic mass is 16.5. The molecule has 1 aromatic carbocycles. The molecule has 1 amide bonds. The lowest BCUT2D eigenvalue weighted by Gasteiger charge is -2.21. The first-order valence-electron chi connectivity index (χ1n) is 8.80. The summed E-state index contributed by atoms with van der Waals surface area (Å²) in [5.41, 5.74) is 1.80. The van der Waals surface area contributed by atoms with Gasteiger partial charge < -0.3 is 15.0 Å². The summed E-state index contributed by atoms with van der Waals surface area (Å²) in [6, 6.07) is 11.5. The number of pyridine rings is 1. The third kappa shape index (κ3) is 5.48. The SMILES string of the molecule is CCCN(CCC)C(=O)c1ccnc(NCc2ccc(OC)cc2)c1. The maximum atomic E-state index is 12.7. The van der Waals surface area contributed by atoms with Gasteiger partial charge in [0.25, 0.3) is 5.91 Å². The minimum atomic E-state index is 0.0681. The largest absolute Gasteiger partial charge is 0.497 e. The Morgan fingerprint density at radius 1 is 1.12 bits per heavy atom. The molecule has 5 nitrogen and oxygen atoms in total. The summed E-state index contributed by atoms with van der Waals surface area (Å²) in [6.45, 7) is 6.38. The van der Waals surface area contributed by atoms with Gasteiger partial charge in [0.15, 0.2) is 0 Å². The van der Waals surface area contributed by atoms with Crippen LogP contribution in [0.5, 0.6) is 5.75 Å². The van der Waals surface area contributed by atoms with E-state index in [0.717, 1.165) is 37.2 Å². The molecule has 0 atom stereocenters. The van der Waals surface area contributed by atoms with E-state index in [4.69, 9.17) is 4.74 Å². The normalized spacial score (nSPS) is 10.4. The predicted octanol–water partition coefficient (Wildman–Crippen LogP) is 3.96. The smallest absolute Gasteiger partial charge is 0.254 e. The molecule has 0 spiro atoms. The van der Waals surface area contributed by atoms with Gasteiger partial charge in [-0.1, -0.05) is 26.0 Å². The standard InChI is InChI=1S/C20H27N3O2/c1-4-12-23(13-5-2)20(24)17-10-11-21-19(14-17)22-15-16-6-8-18(25-3)9-7-16/h6-11,14H,4-5,12-13,15H2,1-3H3,(H,21,22). The second-order valence-corrected chi connectivity index (χ2v) is 5.92. The zero-order valence-corrected chi connectivity index (χ0v) is 15.3. The number of rotatable bonds is 9. The van der Waals surface area contributed by atoms with Gasteiger partial charge in [0.1, 0.15) is 11.6 Å². The number of hydrogen-bond acceptors (Lipinski definition) is 4. The van der Waals surface area contributed by atoms with Crippen molar-refractivity contribution in [3.8, 4) is 5.75 Å². The van der Waals surface area contributed by atoms with Crippen molar-refractivity contribution in [2.24, 2.45) is 0 Å². The lowest BCUT2D eigenvalue weighted by molar-refractivity contribution is 0.0755. The molecule has 0 saturated heterocycles. The first-order chi connectivity index (χ1) is 12.2. The molecule has 1 aromatic heterocycles. The molecule has 134 valence electrons. The number of anilines is 1. The second kappa shape index (κ2) is 9.67. The van der Waals surface area contributed by atoms with Crippen molar-refractivity contribution in [2.75, 3.05) is 25.5 Å². The summed E-state index contributed by atoms with van der Waals surface area (Å²) in [5.74, 6) is 1.61. The summed E-state index contributed by atoms with van der Waals surface area (Å²) in [4.78, 5) is 18.9. The van der Waals surface area contributed by atoms with Crippen molar-refractivity contribution in [1.82, 2.24) is 9.88 Å². The lowest BCUT2D eigenvalue weighted by Crippen LogP contribution is -2.32. The number of ether oxygens (including phenoxy) is 1. The van der Waals surface area contributed by atoms with E-state index in [-0.39, 0.29) is 5.91 Å². The van der Waals surface area contributed by atoms with Crippen molar-refractivity contribution < 1.29 is 9.53 Å². The summed E-state index contributed by atoms with van der Waals surface area (Å²) < 4.78 is 5.16. The maximum absolute atomic E-state index is 12.7. The zero-order chi connectivity index (χ0) is 18.1. The summed E-state index contributed by atoms with van der Waals surface area (Å²) >= 11 is 0. The van der Waals surface area contributed by atoms with Crippen LogP contribution in [-0.4, -0.2) is 36.0 Å². The van der Waals surface area contributed by atoms with Crippen LogP contribution in [0.15, 0.2) is 42.6 Å². The van der Waals surface area contributed by atoms with Crippen LogP contribution in [0.3, 0.4) is 0 Å². The van der Waals surface area contributed by atoms with E-state index in [2.05, 4.69) is 24.1 Å². The van der Waals surface area contributed by atoms with Crippen LogP contribution in [0.25, 0.3) is 0 Å². The number of nitrogens with zero attached hydrogens (tertiary/aromatic N) is 2. The predicted molar refractivity (Wildman–Crippen MR) is 101 cm³/mol. The molecule has 25 heavy (non-hydrogen) atoms. The molecule has 0 aliphatic carbocycles. The third-order valence-corrected chi connectivity index (χ3v) is 3.91. The topological polar surface area (TPSA) is 54.5 Å². The van der Waals surface area contributed by atoms with Gasteiger partial charge in [-0.2, -0.15) is 0 Å². The maximum Gasteiger partial charge on any atom is 0.254 e. The Bertz CT molecular complexity index is 665. The molecule has 0 aliphatic rings. The van der Waals surface area contributed by atoms with Gasteiger partial charge in [-0.25, -0.2) is 4.98 Å². The van der Waals surface area contributed by atoms with Gasteiger partial charge in [-0.3, -0.25) is 4.79 Å². The monoisotopic (exact) mass is 341 g/mol. The van der Waals surface area contributed by atoms with Crippen LogP contribution in [0.2, 0.25) is 0 Å². The molecule has 1 N–H and O–H groups in total. The third-order valence-electron chi connectivity index (χ3n) is 3.91. The quantitative estimate of drug-likeness (QED) is 0.750. The van der Waals surface area contributed by atoms with E-state index in [1.54, 1.807) is 19.4 Å². The number of benzene rings is 1. The zero-order valence-electron chi connectivity index (χ0n) is 15.3. The molecule has 0 saturated carbocycles. The van der Waals surface area contributed by atoms with Crippen molar-refractivity contribution >= 4 is 11.7 Å². The van der Waals surface area contributed by atoms with E-state index in [9.17, 15) is 4.79 Å². The average molecular weight is 341 g/mol. The molecule has 0 unspecified atom stereocenters. The van der Waals surface area contributed by atoms with Gasteiger partial charge in [0.05, 0.1) is 7.11 Å². The van der Waals surface area contributed by atoms with Crippen molar-refractivity contribution in [3.05, 3.63) is 53.7 Å². The number of methoxy groups -OCH3 is 1. The number of aromatic nitrogens is 1. The van der Waals surface area contributed by atoms with Crippen molar-refractivity contribution in [2.45, 2.75) is 33.2 Å². The van der Waals surface area contributed by atoms with Crippen LogP contribution in [0.1, 0.15) is 42.6 Å². The first kappa shape index (κ1) is 18.8. The second-order valence-electron chi connectivity index (χ2n) is 5.92. The molecule has 0 aliphatic heterocycles. The van der Waals surface area contributed by atoms with E-state index >= 15 is 0 Å².